The summed E-state index contributed by atoms with van der Waals surface area (Å²) < 4.78 is 33.6. The third-order valence-electron chi connectivity index (χ3n) is 4.07. The molecule has 1 fully saturated rings. The number of ether oxygens (including phenoxy) is 1. The Hall–Kier alpha value is -2.57. The molecule has 1 aromatic heterocycles. The summed E-state index contributed by atoms with van der Waals surface area (Å²) in [7, 11) is 0. The molecule has 0 radical (unpaired) electrons. The molecule has 0 bridgehead atoms. The summed E-state index contributed by atoms with van der Waals surface area (Å²) in [5, 5.41) is 0. The Kier molecular flexibility index (Phi) is 4.92. The van der Waals surface area contributed by atoms with Crippen LogP contribution in [-0.4, -0.2) is 40.0 Å². The predicted molar refractivity (Wildman–Crippen MR) is 87.4 cm³/mol. The molecule has 1 atom stereocenters. The number of likely N-dealkylation sites (tertiary alicyclic amines) is 1. The highest BCUT2D eigenvalue weighted by molar-refractivity contribution is 5.94. The number of rotatable bonds is 3. The van der Waals surface area contributed by atoms with Gasteiger partial charge in [-0.2, -0.15) is 4.98 Å². The Labute approximate surface area is 144 Å². The number of amides is 1. The van der Waals surface area contributed by atoms with Crippen LogP contribution in [0.25, 0.3) is 0 Å². The fraction of sp³-hybridized carbons (Fsp3) is 0.389. The van der Waals surface area contributed by atoms with Crippen molar-refractivity contribution in [1.82, 2.24) is 14.9 Å². The highest BCUT2D eigenvalue weighted by Gasteiger charge is 2.29. The van der Waals surface area contributed by atoms with Crippen LogP contribution in [0, 0.1) is 25.5 Å². The van der Waals surface area contributed by atoms with Gasteiger partial charge in [0, 0.05) is 18.3 Å². The Balaban J connectivity index is 1.73. The first-order valence-corrected chi connectivity index (χ1v) is 8.16. The van der Waals surface area contributed by atoms with Gasteiger partial charge in [0.15, 0.2) is 0 Å². The van der Waals surface area contributed by atoms with Crippen LogP contribution in [-0.2, 0) is 0 Å². The van der Waals surface area contributed by atoms with E-state index >= 15 is 0 Å². The lowest BCUT2D eigenvalue weighted by Gasteiger charge is -2.32. The zero-order valence-corrected chi connectivity index (χ0v) is 14.1. The second-order valence-corrected chi connectivity index (χ2v) is 6.12. The van der Waals surface area contributed by atoms with Gasteiger partial charge in [0.25, 0.3) is 5.91 Å². The molecule has 1 amide bonds. The molecule has 5 nitrogen and oxygen atoms in total. The fourth-order valence-electron chi connectivity index (χ4n) is 2.99. The van der Waals surface area contributed by atoms with E-state index in [1.807, 2.05) is 6.92 Å². The van der Waals surface area contributed by atoms with Crippen molar-refractivity contribution >= 4 is 5.91 Å². The number of halogens is 2. The van der Waals surface area contributed by atoms with E-state index in [-0.39, 0.29) is 12.6 Å². The van der Waals surface area contributed by atoms with E-state index in [1.54, 1.807) is 13.0 Å². The molecule has 3 rings (SSSR count). The molecular formula is C18H19F2N3O2. The van der Waals surface area contributed by atoms with E-state index < -0.39 is 23.1 Å². The van der Waals surface area contributed by atoms with Crippen LogP contribution in [0.2, 0.25) is 0 Å². The second-order valence-electron chi connectivity index (χ2n) is 6.12. The van der Waals surface area contributed by atoms with Gasteiger partial charge in [-0.25, -0.2) is 13.8 Å². The van der Waals surface area contributed by atoms with Gasteiger partial charge in [0.2, 0.25) is 5.88 Å². The molecule has 0 unspecified atom stereocenters. The second kappa shape index (κ2) is 7.13. The number of piperidine rings is 1. The molecule has 2 aromatic rings. The molecule has 1 aliphatic heterocycles. The monoisotopic (exact) mass is 347 g/mol. The highest BCUT2D eigenvalue weighted by atomic mass is 19.1. The Bertz CT molecular complexity index is 757. The van der Waals surface area contributed by atoms with Crippen LogP contribution in [0.3, 0.4) is 0 Å². The lowest BCUT2D eigenvalue weighted by molar-refractivity contribution is 0.0518. The molecule has 1 saturated heterocycles. The van der Waals surface area contributed by atoms with Crippen molar-refractivity contribution in [2.45, 2.75) is 32.8 Å². The van der Waals surface area contributed by atoms with Crippen LogP contribution < -0.4 is 4.74 Å². The molecule has 2 heterocycles. The number of benzene rings is 1. The number of hydrogen-bond donors (Lipinski definition) is 0. The van der Waals surface area contributed by atoms with Crippen molar-refractivity contribution in [1.29, 1.82) is 0 Å². The van der Waals surface area contributed by atoms with E-state index in [9.17, 15) is 13.6 Å². The Morgan fingerprint density at radius 1 is 1.24 bits per heavy atom. The van der Waals surface area contributed by atoms with Gasteiger partial charge in [-0.1, -0.05) is 6.07 Å². The maximum atomic E-state index is 13.9. The van der Waals surface area contributed by atoms with E-state index in [4.69, 9.17) is 4.74 Å². The van der Waals surface area contributed by atoms with Gasteiger partial charge in [-0.3, -0.25) is 4.79 Å². The van der Waals surface area contributed by atoms with E-state index in [0.29, 0.717) is 24.7 Å². The standard InChI is InChI=1S/C18H19F2N3O2/c1-11-9-16(22-12(2)21-11)25-13-5-4-8-23(10-13)18(24)17-14(19)6-3-7-15(17)20/h3,6-7,9,13H,4-5,8,10H2,1-2H3/t13-/m1/s1. The van der Waals surface area contributed by atoms with E-state index in [0.717, 1.165) is 24.2 Å². The first-order chi connectivity index (χ1) is 11.9. The van der Waals surface area contributed by atoms with Gasteiger partial charge in [-0.15, -0.1) is 0 Å². The van der Waals surface area contributed by atoms with Gasteiger partial charge in [0.1, 0.15) is 29.1 Å². The quantitative estimate of drug-likeness (QED) is 0.856. The number of carbonyl (C=O) groups is 1. The predicted octanol–water partition coefficient (Wildman–Crippen LogP) is 3.06. The maximum Gasteiger partial charge on any atom is 0.259 e. The smallest absolute Gasteiger partial charge is 0.259 e. The molecule has 1 aliphatic rings. The van der Waals surface area contributed by atoms with E-state index in [2.05, 4.69) is 9.97 Å². The van der Waals surface area contributed by atoms with Crippen LogP contribution in [0.5, 0.6) is 5.88 Å². The molecule has 1 aromatic carbocycles. The number of aromatic nitrogens is 2. The van der Waals surface area contributed by atoms with Crippen molar-refractivity contribution in [2.75, 3.05) is 13.1 Å². The topological polar surface area (TPSA) is 55.3 Å². The minimum Gasteiger partial charge on any atom is -0.472 e. The number of aryl methyl sites for hydroxylation is 2. The summed E-state index contributed by atoms with van der Waals surface area (Å²) in [5.74, 6) is -1.31. The molecule has 0 aliphatic carbocycles. The average molecular weight is 347 g/mol. The SMILES string of the molecule is Cc1cc(O[C@@H]2CCCN(C(=O)c3c(F)cccc3F)C2)nc(C)n1. The third kappa shape index (κ3) is 3.92. The molecule has 0 saturated carbocycles. The summed E-state index contributed by atoms with van der Waals surface area (Å²) in [6.07, 6.45) is 1.16. The summed E-state index contributed by atoms with van der Waals surface area (Å²) in [4.78, 5) is 22.4. The summed E-state index contributed by atoms with van der Waals surface area (Å²) >= 11 is 0. The lowest BCUT2D eigenvalue weighted by Crippen LogP contribution is -2.45. The average Bonchev–Trinajstić information content (AvgIpc) is 2.54. The normalized spacial score (nSPS) is 17.4. The van der Waals surface area contributed by atoms with Gasteiger partial charge < -0.3 is 9.64 Å². The molecule has 0 N–H and O–H groups in total. The van der Waals surface area contributed by atoms with E-state index in [1.165, 1.54) is 11.0 Å². The summed E-state index contributed by atoms with van der Waals surface area (Å²) in [6.45, 7) is 4.32. The summed E-state index contributed by atoms with van der Waals surface area (Å²) in [5.41, 5.74) is 0.275. The minimum absolute atomic E-state index is 0.259. The van der Waals surface area contributed by atoms with Crippen LogP contribution >= 0.6 is 0 Å². The zero-order valence-electron chi connectivity index (χ0n) is 14.1. The van der Waals surface area contributed by atoms with Crippen molar-refractivity contribution in [2.24, 2.45) is 0 Å². The fourth-order valence-corrected chi connectivity index (χ4v) is 2.99. The van der Waals surface area contributed by atoms with Crippen LogP contribution in [0.15, 0.2) is 24.3 Å². The van der Waals surface area contributed by atoms with Crippen molar-refractivity contribution in [3.63, 3.8) is 0 Å². The third-order valence-corrected chi connectivity index (χ3v) is 4.07. The van der Waals surface area contributed by atoms with Gasteiger partial charge >= 0.3 is 0 Å². The first kappa shape index (κ1) is 17.3. The number of carbonyl (C=O) groups excluding carboxylic acids is 1. The van der Waals surface area contributed by atoms with Crippen LogP contribution in [0.4, 0.5) is 8.78 Å². The molecule has 0 spiro atoms. The molecule has 25 heavy (non-hydrogen) atoms. The Morgan fingerprint density at radius 3 is 2.64 bits per heavy atom. The van der Waals surface area contributed by atoms with Gasteiger partial charge in [-0.05, 0) is 38.8 Å². The summed E-state index contributed by atoms with van der Waals surface area (Å²) in [6, 6.07) is 5.13. The molecule has 7 heteroatoms. The minimum atomic E-state index is -0.852. The largest absolute Gasteiger partial charge is 0.472 e. The van der Waals surface area contributed by atoms with Gasteiger partial charge in [0.05, 0.1) is 6.54 Å². The zero-order chi connectivity index (χ0) is 18.0. The highest BCUT2D eigenvalue weighted by Crippen LogP contribution is 2.21. The first-order valence-electron chi connectivity index (χ1n) is 8.16. The van der Waals surface area contributed by atoms with Crippen molar-refractivity contribution in [3.05, 3.63) is 53.0 Å². The molecular weight excluding hydrogens is 328 g/mol. The number of hydrogen-bond acceptors (Lipinski definition) is 4. The maximum absolute atomic E-state index is 13.9. The molecule has 132 valence electrons. The van der Waals surface area contributed by atoms with Crippen molar-refractivity contribution < 1.29 is 18.3 Å². The number of nitrogens with zero attached hydrogens (tertiary/aromatic N) is 3. The lowest BCUT2D eigenvalue weighted by atomic mass is 10.1. The Morgan fingerprint density at radius 2 is 1.96 bits per heavy atom. The van der Waals surface area contributed by atoms with Crippen LogP contribution in [0.1, 0.15) is 34.7 Å². The van der Waals surface area contributed by atoms with Crippen molar-refractivity contribution in [3.8, 4) is 5.88 Å².